The average Bonchev–Trinajstić information content (AvgIpc) is 2.94. The third kappa shape index (κ3) is 2.12. The summed E-state index contributed by atoms with van der Waals surface area (Å²) in [5.41, 5.74) is 0.995. The molecule has 0 amide bonds. The zero-order chi connectivity index (χ0) is 9.97. The number of carbonyl (C=O) groups is 1. The average molecular weight is 192 g/mol. The van der Waals surface area contributed by atoms with E-state index in [-0.39, 0.29) is 18.2 Å². The molecule has 1 aromatic rings. The fourth-order valence-corrected chi connectivity index (χ4v) is 1.24. The Morgan fingerprint density at radius 2 is 2.07 bits per heavy atom. The molecule has 0 bridgehead atoms. The van der Waals surface area contributed by atoms with E-state index in [1.54, 1.807) is 0 Å². The van der Waals surface area contributed by atoms with E-state index in [0.717, 1.165) is 5.56 Å². The van der Waals surface area contributed by atoms with E-state index in [1.807, 2.05) is 37.3 Å². The van der Waals surface area contributed by atoms with Crippen LogP contribution in [0, 0.1) is 0 Å². The molecule has 1 aliphatic heterocycles. The van der Waals surface area contributed by atoms with Gasteiger partial charge in [-0.05, 0) is 12.5 Å². The quantitative estimate of drug-likeness (QED) is 0.538. The molecular weight excluding hydrogens is 180 g/mol. The third-order valence-corrected chi connectivity index (χ3v) is 2.17. The van der Waals surface area contributed by atoms with Crippen LogP contribution in [-0.2, 0) is 20.9 Å². The first-order chi connectivity index (χ1) is 6.77. The van der Waals surface area contributed by atoms with E-state index < -0.39 is 0 Å². The monoisotopic (exact) mass is 192 g/mol. The van der Waals surface area contributed by atoms with Gasteiger partial charge in [0.1, 0.15) is 6.61 Å². The molecule has 0 radical (unpaired) electrons. The topological polar surface area (TPSA) is 38.8 Å². The molecule has 3 heteroatoms. The summed E-state index contributed by atoms with van der Waals surface area (Å²) in [6.45, 7) is 2.18. The van der Waals surface area contributed by atoms with Crippen molar-refractivity contribution in [1.29, 1.82) is 0 Å². The minimum Gasteiger partial charge on any atom is -0.459 e. The van der Waals surface area contributed by atoms with E-state index in [4.69, 9.17) is 9.47 Å². The maximum absolute atomic E-state index is 11.2. The van der Waals surface area contributed by atoms with Gasteiger partial charge < -0.3 is 9.47 Å². The van der Waals surface area contributed by atoms with Crippen molar-refractivity contribution in [2.75, 3.05) is 0 Å². The van der Waals surface area contributed by atoms with E-state index in [0.29, 0.717) is 6.61 Å². The van der Waals surface area contributed by atoms with Gasteiger partial charge in [-0.2, -0.15) is 0 Å². The molecule has 1 saturated heterocycles. The number of hydrogen-bond acceptors (Lipinski definition) is 3. The van der Waals surface area contributed by atoms with Crippen LogP contribution < -0.4 is 0 Å². The van der Waals surface area contributed by atoms with E-state index >= 15 is 0 Å². The van der Waals surface area contributed by atoms with Gasteiger partial charge in [0, 0.05) is 0 Å². The molecule has 74 valence electrons. The predicted molar refractivity (Wildman–Crippen MR) is 50.6 cm³/mol. The molecule has 0 aromatic heterocycles. The fourth-order valence-electron chi connectivity index (χ4n) is 1.24. The zero-order valence-electron chi connectivity index (χ0n) is 7.97. The van der Waals surface area contributed by atoms with Gasteiger partial charge in [-0.3, -0.25) is 0 Å². The van der Waals surface area contributed by atoms with Gasteiger partial charge in [0.25, 0.3) is 0 Å². The molecule has 0 N–H and O–H groups in total. The lowest BCUT2D eigenvalue weighted by molar-refractivity contribution is -0.146. The molecule has 0 aliphatic carbocycles. The Balaban J connectivity index is 1.80. The van der Waals surface area contributed by atoms with Crippen LogP contribution in [0.1, 0.15) is 12.5 Å². The Bertz CT molecular complexity index is 321. The number of benzene rings is 1. The molecule has 2 atom stereocenters. The molecule has 0 unspecified atom stereocenters. The Hall–Kier alpha value is -1.35. The molecule has 2 rings (SSSR count). The molecule has 3 nitrogen and oxygen atoms in total. The third-order valence-electron chi connectivity index (χ3n) is 2.17. The van der Waals surface area contributed by atoms with Crippen molar-refractivity contribution in [3.63, 3.8) is 0 Å². The van der Waals surface area contributed by atoms with Gasteiger partial charge in [0.2, 0.25) is 0 Å². The largest absolute Gasteiger partial charge is 0.459 e. The summed E-state index contributed by atoms with van der Waals surface area (Å²) in [6.07, 6.45) is -0.308. The van der Waals surface area contributed by atoms with Crippen LogP contribution in [0.4, 0.5) is 0 Å². The minimum absolute atomic E-state index is 0.0262. The number of rotatable bonds is 3. The smallest absolute Gasteiger partial charge is 0.338 e. The number of hydrogen-bond donors (Lipinski definition) is 0. The summed E-state index contributed by atoms with van der Waals surface area (Å²) in [5.74, 6) is -0.263. The van der Waals surface area contributed by atoms with Crippen molar-refractivity contribution in [2.45, 2.75) is 25.7 Å². The zero-order valence-corrected chi connectivity index (χ0v) is 7.97. The van der Waals surface area contributed by atoms with Crippen LogP contribution in [-0.4, -0.2) is 18.2 Å². The lowest BCUT2D eigenvalue weighted by atomic mass is 10.2. The molecule has 0 spiro atoms. The summed E-state index contributed by atoms with van der Waals surface area (Å²) >= 11 is 0. The molecule has 1 aliphatic rings. The Kier molecular flexibility index (Phi) is 2.50. The van der Waals surface area contributed by atoms with Crippen LogP contribution in [0.2, 0.25) is 0 Å². The van der Waals surface area contributed by atoms with Gasteiger partial charge in [-0.1, -0.05) is 30.3 Å². The van der Waals surface area contributed by atoms with E-state index in [9.17, 15) is 4.79 Å². The van der Waals surface area contributed by atoms with Crippen molar-refractivity contribution < 1.29 is 14.3 Å². The highest BCUT2D eigenvalue weighted by Crippen LogP contribution is 2.22. The lowest BCUT2D eigenvalue weighted by Crippen LogP contribution is -2.12. The maximum Gasteiger partial charge on any atom is 0.338 e. The fraction of sp³-hybridized carbons (Fsp3) is 0.364. The number of carbonyl (C=O) groups excluding carboxylic acids is 1. The summed E-state index contributed by atoms with van der Waals surface area (Å²) in [6, 6.07) is 9.60. The summed E-state index contributed by atoms with van der Waals surface area (Å²) in [7, 11) is 0. The second-order valence-electron chi connectivity index (χ2n) is 3.36. The van der Waals surface area contributed by atoms with Crippen LogP contribution in [0.25, 0.3) is 0 Å². The van der Waals surface area contributed by atoms with Crippen molar-refractivity contribution in [3.05, 3.63) is 35.9 Å². The van der Waals surface area contributed by atoms with Crippen molar-refractivity contribution in [2.24, 2.45) is 0 Å². The highest BCUT2D eigenvalue weighted by atomic mass is 16.6. The Morgan fingerprint density at radius 3 is 2.64 bits per heavy atom. The van der Waals surface area contributed by atoms with Crippen LogP contribution in [0.5, 0.6) is 0 Å². The molecule has 1 fully saturated rings. The normalized spacial score (nSPS) is 24.4. The molecular formula is C11H12O3. The minimum atomic E-state index is -0.335. The van der Waals surface area contributed by atoms with E-state index in [2.05, 4.69) is 0 Å². The standard InChI is InChI=1S/C11H12O3/c1-8-10(14-8)11(12)13-7-9-5-3-2-4-6-9/h2-6,8,10H,7H2,1H3/t8-,10-/m1/s1. The first-order valence-corrected chi connectivity index (χ1v) is 4.63. The Morgan fingerprint density at radius 1 is 1.43 bits per heavy atom. The maximum atomic E-state index is 11.2. The highest BCUT2D eigenvalue weighted by Gasteiger charge is 2.42. The summed E-state index contributed by atoms with van der Waals surface area (Å²) < 4.78 is 10.1. The summed E-state index contributed by atoms with van der Waals surface area (Å²) in [4.78, 5) is 11.2. The second-order valence-corrected chi connectivity index (χ2v) is 3.36. The van der Waals surface area contributed by atoms with Gasteiger partial charge in [0.15, 0.2) is 6.10 Å². The van der Waals surface area contributed by atoms with Crippen molar-refractivity contribution in [1.82, 2.24) is 0 Å². The van der Waals surface area contributed by atoms with E-state index in [1.165, 1.54) is 0 Å². The molecule has 14 heavy (non-hydrogen) atoms. The first kappa shape index (κ1) is 9.21. The van der Waals surface area contributed by atoms with Crippen LogP contribution >= 0.6 is 0 Å². The number of ether oxygens (including phenoxy) is 2. The van der Waals surface area contributed by atoms with Crippen molar-refractivity contribution in [3.8, 4) is 0 Å². The summed E-state index contributed by atoms with van der Waals surface area (Å²) in [5, 5.41) is 0. The number of esters is 1. The number of epoxide rings is 1. The molecule has 1 heterocycles. The van der Waals surface area contributed by atoms with Crippen LogP contribution in [0.15, 0.2) is 30.3 Å². The molecule has 0 saturated carbocycles. The first-order valence-electron chi connectivity index (χ1n) is 4.63. The highest BCUT2D eigenvalue weighted by molar-refractivity contribution is 5.77. The molecule has 1 aromatic carbocycles. The van der Waals surface area contributed by atoms with Gasteiger partial charge in [-0.25, -0.2) is 4.79 Å². The Labute approximate surface area is 82.6 Å². The second kappa shape index (κ2) is 3.80. The lowest BCUT2D eigenvalue weighted by Gasteiger charge is -2.02. The van der Waals surface area contributed by atoms with Gasteiger partial charge in [-0.15, -0.1) is 0 Å². The van der Waals surface area contributed by atoms with Gasteiger partial charge in [0.05, 0.1) is 6.10 Å². The SMILES string of the molecule is C[C@H]1O[C@H]1C(=O)OCc1ccccc1. The van der Waals surface area contributed by atoms with Gasteiger partial charge >= 0.3 is 5.97 Å². The predicted octanol–water partition coefficient (Wildman–Crippen LogP) is 1.52. The van der Waals surface area contributed by atoms with Crippen LogP contribution in [0.3, 0.4) is 0 Å². The van der Waals surface area contributed by atoms with Crippen molar-refractivity contribution >= 4 is 5.97 Å².